The van der Waals surface area contributed by atoms with E-state index in [2.05, 4.69) is 5.32 Å². The van der Waals surface area contributed by atoms with Crippen LogP contribution in [0.4, 0.5) is 5.69 Å². The van der Waals surface area contributed by atoms with Gasteiger partial charge in [-0.1, -0.05) is 36.8 Å². The van der Waals surface area contributed by atoms with Gasteiger partial charge in [-0.3, -0.25) is 13.9 Å². The third kappa shape index (κ3) is 8.00. The molecular weight excluding hydrogens is 542 g/mol. The zero-order valence-corrected chi connectivity index (χ0v) is 25.3. The molecule has 0 heterocycles. The Hall–Kier alpha value is -4.05. The first kappa shape index (κ1) is 31.5. The normalized spacial score (nSPS) is 12.6. The van der Waals surface area contributed by atoms with Gasteiger partial charge in [-0.05, 0) is 81.3 Å². The number of nitrogens with zero attached hydrogens (tertiary/aromatic N) is 2. The van der Waals surface area contributed by atoms with Gasteiger partial charge < -0.3 is 19.7 Å². The molecule has 2 atom stereocenters. The summed E-state index contributed by atoms with van der Waals surface area (Å²) in [6.07, 6.45) is 0.727. The molecule has 41 heavy (non-hydrogen) atoms. The van der Waals surface area contributed by atoms with Crippen LogP contribution in [0.2, 0.25) is 0 Å². The van der Waals surface area contributed by atoms with E-state index in [4.69, 9.17) is 9.47 Å². The minimum atomic E-state index is -4.14. The van der Waals surface area contributed by atoms with Crippen molar-refractivity contribution in [2.75, 3.05) is 25.1 Å². The molecule has 0 radical (unpaired) electrons. The molecule has 0 saturated carbocycles. The van der Waals surface area contributed by atoms with E-state index in [0.717, 1.165) is 21.9 Å². The molecule has 0 unspecified atom stereocenters. The van der Waals surface area contributed by atoms with Crippen molar-refractivity contribution in [3.63, 3.8) is 0 Å². The molecule has 0 fully saturated rings. The minimum absolute atomic E-state index is 0.0518. The lowest BCUT2D eigenvalue weighted by molar-refractivity contribution is -0.139. The molecule has 0 aliphatic carbocycles. The van der Waals surface area contributed by atoms with Crippen molar-refractivity contribution in [2.45, 2.75) is 57.6 Å². The van der Waals surface area contributed by atoms with Gasteiger partial charge in [0.15, 0.2) is 0 Å². The standard InChI is InChI=1S/C31H39N3O6S/c1-7-23(3)32-31(36)24(4)33(20-25-10-14-27(39-5)15-11-25)30(35)21-34(26-12-16-28(40-6)17-13-26)41(37,38)29-18-8-22(2)9-19-29/h8-19,23-24H,7,20-21H2,1-6H3,(H,32,36)/t23-,24+/m0/s1. The van der Waals surface area contributed by atoms with E-state index in [0.29, 0.717) is 17.2 Å². The Labute approximate surface area is 243 Å². The van der Waals surface area contributed by atoms with Crippen LogP contribution in [0.15, 0.2) is 77.7 Å². The highest BCUT2D eigenvalue weighted by Gasteiger charge is 2.32. The highest BCUT2D eigenvalue weighted by molar-refractivity contribution is 7.92. The number of amides is 2. The average molecular weight is 582 g/mol. The monoisotopic (exact) mass is 581 g/mol. The lowest BCUT2D eigenvalue weighted by Gasteiger charge is -2.32. The third-order valence-electron chi connectivity index (χ3n) is 6.93. The predicted molar refractivity (Wildman–Crippen MR) is 160 cm³/mol. The summed E-state index contributed by atoms with van der Waals surface area (Å²) in [6, 6.07) is 19.1. The van der Waals surface area contributed by atoms with Crippen molar-refractivity contribution in [2.24, 2.45) is 0 Å². The van der Waals surface area contributed by atoms with E-state index in [1.165, 1.54) is 24.1 Å². The van der Waals surface area contributed by atoms with Crippen molar-refractivity contribution in [3.8, 4) is 11.5 Å². The number of hydrogen-bond acceptors (Lipinski definition) is 6. The maximum Gasteiger partial charge on any atom is 0.264 e. The van der Waals surface area contributed by atoms with Crippen LogP contribution in [0.5, 0.6) is 11.5 Å². The number of aryl methyl sites for hydroxylation is 1. The summed E-state index contributed by atoms with van der Waals surface area (Å²) in [5, 5.41) is 2.93. The van der Waals surface area contributed by atoms with Gasteiger partial charge in [0, 0.05) is 12.6 Å². The highest BCUT2D eigenvalue weighted by atomic mass is 32.2. The van der Waals surface area contributed by atoms with Crippen molar-refractivity contribution in [1.29, 1.82) is 0 Å². The minimum Gasteiger partial charge on any atom is -0.497 e. The van der Waals surface area contributed by atoms with Gasteiger partial charge in [0.05, 0.1) is 24.8 Å². The van der Waals surface area contributed by atoms with Gasteiger partial charge in [0.25, 0.3) is 10.0 Å². The largest absolute Gasteiger partial charge is 0.497 e. The van der Waals surface area contributed by atoms with E-state index in [-0.39, 0.29) is 23.4 Å². The quantitative estimate of drug-likeness (QED) is 0.318. The number of hydrogen-bond donors (Lipinski definition) is 1. The Morgan fingerprint density at radius 3 is 1.90 bits per heavy atom. The second-order valence-corrected chi connectivity index (χ2v) is 11.7. The van der Waals surface area contributed by atoms with Gasteiger partial charge in [-0.15, -0.1) is 0 Å². The van der Waals surface area contributed by atoms with Crippen LogP contribution in [0.1, 0.15) is 38.3 Å². The molecule has 3 aromatic rings. The Morgan fingerprint density at radius 2 is 1.39 bits per heavy atom. The summed E-state index contributed by atoms with van der Waals surface area (Å²) in [6.45, 7) is 6.94. The molecule has 0 bridgehead atoms. The number of sulfonamides is 1. The SMILES string of the molecule is CC[C@H](C)NC(=O)[C@@H](C)N(Cc1ccc(OC)cc1)C(=O)CN(c1ccc(OC)cc1)S(=O)(=O)c1ccc(C)cc1. The van der Waals surface area contributed by atoms with E-state index in [1.54, 1.807) is 62.6 Å². The fraction of sp³-hybridized carbons (Fsp3) is 0.355. The van der Waals surface area contributed by atoms with E-state index < -0.39 is 28.5 Å². The maximum atomic E-state index is 14.0. The first-order valence-corrected chi connectivity index (χ1v) is 14.9. The van der Waals surface area contributed by atoms with Gasteiger partial charge in [-0.25, -0.2) is 8.42 Å². The zero-order chi connectivity index (χ0) is 30.2. The summed E-state index contributed by atoms with van der Waals surface area (Å²) in [5.41, 5.74) is 1.96. The summed E-state index contributed by atoms with van der Waals surface area (Å²) in [7, 11) is -1.06. The van der Waals surface area contributed by atoms with E-state index >= 15 is 0 Å². The molecule has 220 valence electrons. The lowest BCUT2D eigenvalue weighted by atomic mass is 10.1. The van der Waals surface area contributed by atoms with Crippen molar-refractivity contribution in [3.05, 3.63) is 83.9 Å². The van der Waals surface area contributed by atoms with Crippen molar-refractivity contribution in [1.82, 2.24) is 10.2 Å². The topological polar surface area (TPSA) is 105 Å². The Balaban J connectivity index is 2.02. The number of carbonyl (C=O) groups excluding carboxylic acids is 2. The Bertz CT molecular complexity index is 1410. The fourth-order valence-corrected chi connectivity index (χ4v) is 5.50. The number of ether oxygens (including phenoxy) is 2. The first-order valence-electron chi connectivity index (χ1n) is 13.5. The van der Waals surface area contributed by atoms with Crippen LogP contribution < -0.4 is 19.1 Å². The average Bonchev–Trinajstić information content (AvgIpc) is 2.98. The first-order chi connectivity index (χ1) is 19.5. The molecular formula is C31H39N3O6S. The van der Waals surface area contributed by atoms with Crippen LogP contribution in [0.3, 0.4) is 0 Å². The number of benzene rings is 3. The number of anilines is 1. The Kier molecular flexibility index (Phi) is 10.8. The molecule has 0 spiro atoms. The highest BCUT2D eigenvalue weighted by Crippen LogP contribution is 2.27. The molecule has 2 amide bonds. The smallest absolute Gasteiger partial charge is 0.264 e. The molecule has 0 aliphatic heterocycles. The molecule has 0 saturated heterocycles. The van der Waals surface area contributed by atoms with Crippen molar-refractivity contribution < 1.29 is 27.5 Å². The molecule has 3 rings (SSSR count). The van der Waals surface area contributed by atoms with Gasteiger partial charge >= 0.3 is 0 Å². The predicted octanol–water partition coefficient (Wildman–Crippen LogP) is 4.54. The molecule has 3 aromatic carbocycles. The Morgan fingerprint density at radius 1 is 0.854 bits per heavy atom. The number of rotatable bonds is 13. The number of carbonyl (C=O) groups is 2. The van der Waals surface area contributed by atoms with Crippen LogP contribution in [-0.4, -0.2) is 58.0 Å². The second kappa shape index (κ2) is 14.0. The molecule has 0 aromatic heterocycles. The van der Waals surface area contributed by atoms with Crippen molar-refractivity contribution >= 4 is 27.5 Å². The van der Waals surface area contributed by atoms with E-state index in [9.17, 15) is 18.0 Å². The van der Waals surface area contributed by atoms with Gasteiger partial charge in [0.2, 0.25) is 11.8 Å². The van der Waals surface area contributed by atoms with E-state index in [1.807, 2.05) is 32.9 Å². The van der Waals surface area contributed by atoms with Crippen LogP contribution in [-0.2, 0) is 26.2 Å². The lowest BCUT2D eigenvalue weighted by Crippen LogP contribution is -2.52. The van der Waals surface area contributed by atoms with Gasteiger partial charge in [0.1, 0.15) is 24.1 Å². The van der Waals surface area contributed by atoms with Crippen LogP contribution in [0.25, 0.3) is 0 Å². The summed E-state index contributed by atoms with van der Waals surface area (Å²) >= 11 is 0. The number of nitrogens with one attached hydrogen (secondary N) is 1. The van der Waals surface area contributed by atoms with Gasteiger partial charge in [-0.2, -0.15) is 0 Å². The maximum absolute atomic E-state index is 14.0. The fourth-order valence-electron chi connectivity index (χ4n) is 4.09. The summed E-state index contributed by atoms with van der Waals surface area (Å²) in [5.74, 6) is 0.353. The van der Waals surface area contributed by atoms with Crippen LogP contribution in [0, 0.1) is 6.92 Å². The third-order valence-corrected chi connectivity index (χ3v) is 8.72. The molecule has 1 N–H and O–H groups in total. The summed E-state index contributed by atoms with van der Waals surface area (Å²) in [4.78, 5) is 28.6. The summed E-state index contributed by atoms with van der Waals surface area (Å²) < 4.78 is 39.4. The molecule has 9 nitrogen and oxygen atoms in total. The zero-order valence-electron chi connectivity index (χ0n) is 24.5. The molecule has 0 aliphatic rings. The second-order valence-electron chi connectivity index (χ2n) is 9.89. The molecule has 10 heteroatoms. The van der Waals surface area contributed by atoms with Crippen LogP contribution >= 0.6 is 0 Å². The number of methoxy groups -OCH3 is 2.